The highest BCUT2D eigenvalue weighted by Gasteiger charge is 2.14. The van der Waals surface area contributed by atoms with E-state index in [1.165, 1.54) is 0 Å². The Morgan fingerprint density at radius 3 is 2.81 bits per heavy atom. The molecule has 0 amide bonds. The van der Waals surface area contributed by atoms with Crippen LogP contribution in [-0.4, -0.2) is 32.0 Å². The van der Waals surface area contributed by atoms with Crippen LogP contribution in [-0.2, 0) is 13.1 Å². The average Bonchev–Trinajstić information content (AvgIpc) is 3.17. The van der Waals surface area contributed by atoms with Crippen LogP contribution in [0.1, 0.15) is 12.7 Å². The zero-order valence-corrected chi connectivity index (χ0v) is 12.0. The molecule has 0 N–H and O–H groups in total. The average molecular weight is 284 g/mol. The lowest BCUT2D eigenvalue weighted by atomic mass is 10.2. The number of anilines is 1. The SMILES string of the molecule is CCn1cnnc1CN(C)c1nc(-c2ccccc2)no1. The second-order valence-corrected chi connectivity index (χ2v) is 4.66. The first-order valence-electron chi connectivity index (χ1n) is 6.75. The molecule has 2 heterocycles. The topological polar surface area (TPSA) is 72.9 Å². The highest BCUT2D eigenvalue weighted by atomic mass is 16.5. The van der Waals surface area contributed by atoms with Gasteiger partial charge < -0.3 is 14.0 Å². The fraction of sp³-hybridized carbons (Fsp3) is 0.286. The quantitative estimate of drug-likeness (QED) is 0.713. The van der Waals surface area contributed by atoms with Gasteiger partial charge in [0, 0.05) is 19.2 Å². The van der Waals surface area contributed by atoms with Crippen LogP contribution >= 0.6 is 0 Å². The van der Waals surface area contributed by atoms with Crippen LogP contribution in [0.15, 0.2) is 41.2 Å². The molecule has 0 aliphatic rings. The lowest BCUT2D eigenvalue weighted by molar-refractivity contribution is 0.417. The highest BCUT2D eigenvalue weighted by Crippen LogP contribution is 2.19. The Bertz CT molecular complexity index is 705. The fourth-order valence-corrected chi connectivity index (χ4v) is 2.02. The summed E-state index contributed by atoms with van der Waals surface area (Å²) in [5.74, 6) is 1.44. The van der Waals surface area contributed by atoms with E-state index in [9.17, 15) is 0 Å². The minimum Gasteiger partial charge on any atom is -0.320 e. The van der Waals surface area contributed by atoms with Crippen molar-refractivity contribution in [2.45, 2.75) is 20.0 Å². The molecule has 0 aliphatic carbocycles. The van der Waals surface area contributed by atoms with E-state index < -0.39 is 0 Å². The summed E-state index contributed by atoms with van der Waals surface area (Å²) >= 11 is 0. The lowest BCUT2D eigenvalue weighted by Crippen LogP contribution is -2.19. The number of aryl methyl sites for hydroxylation is 1. The lowest BCUT2D eigenvalue weighted by Gasteiger charge is -2.12. The third-order valence-electron chi connectivity index (χ3n) is 3.19. The molecule has 0 radical (unpaired) electrons. The molecule has 2 aromatic heterocycles. The van der Waals surface area contributed by atoms with E-state index in [-0.39, 0.29) is 0 Å². The summed E-state index contributed by atoms with van der Waals surface area (Å²) in [6.07, 6.45) is 1.71. The van der Waals surface area contributed by atoms with Gasteiger partial charge in [0.05, 0.1) is 6.54 Å². The fourth-order valence-electron chi connectivity index (χ4n) is 2.02. The van der Waals surface area contributed by atoms with E-state index >= 15 is 0 Å². The number of benzene rings is 1. The molecular weight excluding hydrogens is 268 g/mol. The zero-order chi connectivity index (χ0) is 14.7. The van der Waals surface area contributed by atoms with Crippen molar-refractivity contribution in [3.63, 3.8) is 0 Å². The summed E-state index contributed by atoms with van der Waals surface area (Å²) in [6.45, 7) is 3.44. The van der Waals surface area contributed by atoms with Gasteiger partial charge in [0.25, 0.3) is 0 Å². The molecular formula is C14H16N6O. The van der Waals surface area contributed by atoms with Crippen LogP contribution in [0, 0.1) is 0 Å². The first-order valence-corrected chi connectivity index (χ1v) is 6.75. The molecule has 0 saturated heterocycles. The Labute approximate surface area is 122 Å². The number of aromatic nitrogens is 5. The van der Waals surface area contributed by atoms with Crippen LogP contribution < -0.4 is 4.90 Å². The van der Waals surface area contributed by atoms with E-state index in [1.807, 2.05) is 53.8 Å². The smallest absolute Gasteiger partial charge is 0.320 e. The normalized spacial score (nSPS) is 10.8. The molecule has 21 heavy (non-hydrogen) atoms. The molecule has 0 aliphatic heterocycles. The first-order chi connectivity index (χ1) is 10.3. The Morgan fingerprint density at radius 1 is 1.24 bits per heavy atom. The van der Waals surface area contributed by atoms with Crippen LogP contribution in [0.3, 0.4) is 0 Å². The summed E-state index contributed by atoms with van der Waals surface area (Å²) < 4.78 is 7.29. The third-order valence-corrected chi connectivity index (χ3v) is 3.19. The van der Waals surface area contributed by atoms with Gasteiger partial charge >= 0.3 is 6.01 Å². The molecule has 0 spiro atoms. The van der Waals surface area contributed by atoms with E-state index in [4.69, 9.17) is 4.52 Å². The Kier molecular flexibility index (Phi) is 3.63. The first kappa shape index (κ1) is 13.3. The summed E-state index contributed by atoms with van der Waals surface area (Å²) in [4.78, 5) is 6.26. The summed E-state index contributed by atoms with van der Waals surface area (Å²) in [6, 6.07) is 10.2. The Hall–Kier alpha value is -2.70. The zero-order valence-electron chi connectivity index (χ0n) is 12.0. The molecule has 108 valence electrons. The van der Waals surface area contributed by atoms with Gasteiger partial charge in [-0.15, -0.1) is 10.2 Å². The van der Waals surface area contributed by atoms with Gasteiger partial charge in [0.2, 0.25) is 5.82 Å². The summed E-state index contributed by atoms with van der Waals surface area (Å²) in [7, 11) is 1.89. The van der Waals surface area contributed by atoms with Crippen molar-refractivity contribution >= 4 is 6.01 Å². The molecule has 0 saturated carbocycles. The minimum atomic E-state index is 0.458. The maximum absolute atomic E-state index is 5.31. The van der Waals surface area contributed by atoms with Crippen molar-refractivity contribution in [3.8, 4) is 11.4 Å². The van der Waals surface area contributed by atoms with Crippen LogP contribution in [0.25, 0.3) is 11.4 Å². The van der Waals surface area contributed by atoms with Crippen molar-refractivity contribution in [1.29, 1.82) is 0 Å². The van der Waals surface area contributed by atoms with Gasteiger partial charge in [-0.2, -0.15) is 4.98 Å². The predicted molar refractivity (Wildman–Crippen MR) is 77.5 cm³/mol. The maximum atomic E-state index is 5.31. The number of rotatable bonds is 5. The van der Waals surface area contributed by atoms with E-state index in [0.717, 1.165) is 17.9 Å². The molecule has 0 bridgehead atoms. The van der Waals surface area contributed by atoms with Crippen molar-refractivity contribution in [2.24, 2.45) is 0 Å². The molecule has 3 aromatic rings. The third kappa shape index (κ3) is 2.76. The largest absolute Gasteiger partial charge is 0.324 e. The number of hydrogen-bond acceptors (Lipinski definition) is 6. The van der Waals surface area contributed by atoms with Crippen molar-refractivity contribution in [3.05, 3.63) is 42.5 Å². The monoisotopic (exact) mass is 284 g/mol. The molecule has 7 nitrogen and oxygen atoms in total. The molecule has 0 atom stereocenters. The second kappa shape index (κ2) is 5.74. The van der Waals surface area contributed by atoms with Crippen LogP contribution in [0.4, 0.5) is 6.01 Å². The van der Waals surface area contributed by atoms with Gasteiger partial charge in [-0.05, 0) is 6.92 Å². The molecule has 0 unspecified atom stereocenters. The Balaban J connectivity index is 1.77. The van der Waals surface area contributed by atoms with Crippen molar-refractivity contribution < 1.29 is 4.52 Å². The molecule has 7 heteroatoms. The van der Waals surface area contributed by atoms with E-state index in [2.05, 4.69) is 20.3 Å². The van der Waals surface area contributed by atoms with Crippen molar-refractivity contribution in [1.82, 2.24) is 24.9 Å². The van der Waals surface area contributed by atoms with Gasteiger partial charge in [-0.1, -0.05) is 35.5 Å². The van der Waals surface area contributed by atoms with Gasteiger partial charge in [-0.25, -0.2) is 0 Å². The summed E-state index contributed by atoms with van der Waals surface area (Å²) in [5, 5.41) is 12.0. The maximum Gasteiger partial charge on any atom is 0.324 e. The van der Waals surface area contributed by atoms with E-state index in [1.54, 1.807) is 6.33 Å². The van der Waals surface area contributed by atoms with Crippen molar-refractivity contribution in [2.75, 3.05) is 11.9 Å². The van der Waals surface area contributed by atoms with Gasteiger partial charge in [0.1, 0.15) is 6.33 Å². The molecule has 3 rings (SSSR count). The van der Waals surface area contributed by atoms with Gasteiger partial charge in [0.15, 0.2) is 5.82 Å². The second-order valence-electron chi connectivity index (χ2n) is 4.66. The summed E-state index contributed by atoms with van der Waals surface area (Å²) in [5.41, 5.74) is 0.928. The number of hydrogen-bond donors (Lipinski definition) is 0. The highest BCUT2D eigenvalue weighted by molar-refractivity contribution is 5.55. The predicted octanol–water partition coefficient (Wildman–Crippen LogP) is 1.98. The standard InChI is InChI=1S/C14H16N6O/c1-3-20-10-15-17-12(20)9-19(2)14-16-13(18-21-14)11-7-5-4-6-8-11/h4-8,10H,3,9H2,1-2H3. The van der Waals surface area contributed by atoms with Crippen LogP contribution in [0.5, 0.6) is 0 Å². The van der Waals surface area contributed by atoms with Crippen LogP contribution in [0.2, 0.25) is 0 Å². The molecule has 1 aromatic carbocycles. The van der Waals surface area contributed by atoms with E-state index in [0.29, 0.717) is 18.4 Å². The molecule has 0 fully saturated rings. The number of nitrogens with zero attached hydrogens (tertiary/aromatic N) is 6. The minimum absolute atomic E-state index is 0.458. The van der Waals surface area contributed by atoms with Gasteiger partial charge in [-0.3, -0.25) is 0 Å². The Morgan fingerprint density at radius 2 is 2.05 bits per heavy atom.